The second kappa shape index (κ2) is 6.28. The summed E-state index contributed by atoms with van der Waals surface area (Å²) in [5.41, 5.74) is 0. The fourth-order valence-electron chi connectivity index (χ4n) is 2.52. The third-order valence-electron chi connectivity index (χ3n) is 3.48. The van der Waals surface area contributed by atoms with Crippen molar-refractivity contribution in [3.05, 3.63) is 21.3 Å². The second-order valence-corrected chi connectivity index (χ2v) is 6.56. The molecule has 1 aromatic rings. The largest absolute Gasteiger partial charge is 0.146 e. The molecule has 0 amide bonds. The maximum Gasteiger partial charge on any atom is 0.0693 e. The quantitative estimate of drug-likeness (QED) is 0.588. The van der Waals surface area contributed by atoms with E-state index in [-0.39, 0.29) is 5.38 Å². The summed E-state index contributed by atoms with van der Waals surface area (Å²) in [7, 11) is 0. The Morgan fingerprint density at radius 2 is 2.06 bits per heavy atom. The number of hydrogen-bond donors (Lipinski definition) is 0. The van der Waals surface area contributed by atoms with E-state index in [0.29, 0.717) is 0 Å². The van der Waals surface area contributed by atoms with Crippen LogP contribution >= 0.6 is 34.5 Å². The van der Waals surface area contributed by atoms with E-state index >= 15 is 0 Å². The van der Waals surface area contributed by atoms with Crippen molar-refractivity contribution in [1.29, 1.82) is 0 Å². The smallest absolute Gasteiger partial charge is 0.0693 e. The minimum Gasteiger partial charge on any atom is -0.146 e. The summed E-state index contributed by atoms with van der Waals surface area (Å²) >= 11 is 14.2. The van der Waals surface area contributed by atoms with Crippen LogP contribution in [0.5, 0.6) is 0 Å². The van der Waals surface area contributed by atoms with Gasteiger partial charge in [0.15, 0.2) is 0 Å². The number of hydrogen-bond acceptors (Lipinski definition) is 1. The topological polar surface area (TPSA) is 0 Å². The van der Waals surface area contributed by atoms with Crippen molar-refractivity contribution in [1.82, 2.24) is 0 Å². The van der Waals surface area contributed by atoms with Gasteiger partial charge in [-0.2, -0.15) is 0 Å². The molecule has 16 heavy (non-hydrogen) atoms. The Kier molecular flexibility index (Phi) is 4.99. The van der Waals surface area contributed by atoms with Gasteiger partial charge < -0.3 is 0 Å². The summed E-state index contributed by atoms with van der Waals surface area (Å²) in [6.45, 7) is 0. The number of rotatable bonds is 4. The SMILES string of the molecule is Clc1ccsc1C(Cl)CCC1CCCCC1. The molecule has 1 aromatic heterocycles. The van der Waals surface area contributed by atoms with Gasteiger partial charge in [-0.15, -0.1) is 22.9 Å². The minimum absolute atomic E-state index is 0.120. The van der Waals surface area contributed by atoms with Gasteiger partial charge in [-0.1, -0.05) is 43.7 Å². The van der Waals surface area contributed by atoms with Gasteiger partial charge in [0, 0.05) is 4.88 Å². The monoisotopic (exact) mass is 276 g/mol. The summed E-state index contributed by atoms with van der Waals surface area (Å²) in [6.07, 6.45) is 9.41. The highest BCUT2D eigenvalue weighted by molar-refractivity contribution is 7.11. The van der Waals surface area contributed by atoms with Gasteiger partial charge in [0.05, 0.1) is 10.4 Å². The molecule has 1 fully saturated rings. The molecule has 0 nitrogen and oxygen atoms in total. The standard InChI is InChI=1S/C13H18Cl2S/c14-11(13-12(15)8-9-16-13)7-6-10-4-2-1-3-5-10/h8-11H,1-7H2. The molecule has 0 bridgehead atoms. The predicted octanol–water partition coefficient (Wildman–Crippen LogP) is 6.04. The van der Waals surface area contributed by atoms with E-state index in [1.807, 2.05) is 11.4 Å². The van der Waals surface area contributed by atoms with Gasteiger partial charge in [0.25, 0.3) is 0 Å². The summed E-state index contributed by atoms with van der Waals surface area (Å²) in [5, 5.41) is 2.98. The molecule has 1 aliphatic rings. The molecule has 90 valence electrons. The zero-order valence-corrected chi connectivity index (χ0v) is 11.8. The van der Waals surface area contributed by atoms with Crippen molar-refractivity contribution in [2.75, 3.05) is 0 Å². The molecule has 3 heteroatoms. The van der Waals surface area contributed by atoms with Crippen molar-refractivity contribution >= 4 is 34.5 Å². The van der Waals surface area contributed by atoms with Crippen molar-refractivity contribution in [3.63, 3.8) is 0 Å². The van der Waals surface area contributed by atoms with Crippen LogP contribution in [-0.2, 0) is 0 Å². The van der Waals surface area contributed by atoms with Crippen LogP contribution in [0.4, 0.5) is 0 Å². The molecule has 2 rings (SSSR count). The summed E-state index contributed by atoms with van der Waals surface area (Å²) < 4.78 is 0. The average molecular weight is 277 g/mol. The van der Waals surface area contributed by atoms with Crippen LogP contribution in [0.15, 0.2) is 11.4 Å². The lowest BCUT2D eigenvalue weighted by Crippen LogP contribution is -2.06. The molecule has 1 atom stereocenters. The second-order valence-electron chi connectivity index (χ2n) is 4.68. The third-order valence-corrected chi connectivity index (χ3v) is 5.52. The Hall–Kier alpha value is 0.280. The van der Waals surface area contributed by atoms with E-state index in [4.69, 9.17) is 23.2 Å². The first-order valence-electron chi connectivity index (χ1n) is 6.14. The third kappa shape index (κ3) is 3.38. The first-order valence-corrected chi connectivity index (χ1v) is 7.83. The molecule has 0 aromatic carbocycles. The minimum atomic E-state index is 0.120. The Morgan fingerprint density at radius 1 is 1.31 bits per heavy atom. The van der Waals surface area contributed by atoms with Gasteiger partial charge in [0.1, 0.15) is 0 Å². The molecule has 0 radical (unpaired) electrons. The van der Waals surface area contributed by atoms with E-state index in [1.165, 1.54) is 38.5 Å². The lowest BCUT2D eigenvalue weighted by molar-refractivity contribution is 0.331. The highest BCUT2D eigenvalue weighted by atomic mass is 35.5. The molecule has 0 spiro atoms. The van der Waals surface area contributed by atoms with Crippen LogP contribution in [0.2, 0.25) is 5.02 Å². The Morgan fingerprint density at radius 3 is 2.69 bits per heavy atom. The van der Waals surface area contributed by atoms with Crippen LogP contribution in [0.1, 0.15) is 55.2 Å². The highest BCUT2D eigenvalue weighted by Crippen LogP contribution is 2.38. The molecular formula is C13H18Cl2S. The van der Waals surface area contributed by atoms with Crippen LogP contribution in [-0.4, -0.2) is 0 Å². The molecule has 0 saturated heterocycles. The number of halogens is 2. The zero-order chi connectivity index (χ0) is 11.4. The highest BCUT2D eigenvalue weighted by Gasteiger charge is 2.18. The summed E-state index contributed by atoms with van der Waals surface area (Å²) in [5.74, 6) is 0.911. The van der Waals surface area contributed by atoms with Gasteiger partial charge in [-0.05, 0) is 30.2 Å². The normalized spacial score (nSPS) is 19.9. The first kappa shape index (κ1) is 12.7. The van der Waals surface area contributed by atoms with Gasteiger partial charge in [-0.25, -0.2) is 0 Å². The molecule has 0 N–H and O–H groups in total. The van der Waals surface area contributed by atoms with Crippen LogP contribution in [0.3, 0.4) is 0 Å². The Balaban J connectivity index is 1.79. The molecule has 1 aliphatic carbocycles. The molecule has 1 heterocycles. The lowest BCUT2D eigenvalue weighted by Gasteiger charge is -2.22. The van der Waals surface area contributed by atoms with E-state index in [2.05, 4.69) is 0 Å². The number of alkyl halides is 1. The van der Waals surface area contributed by atoms with Gasteiger partial charge in [-0.3, -0.25) is 0 Å². The molecule has 1 unspecified atom stereocenters. The fraction of sp³-hybridized carbons (Fsp3) is 0.692. The van der Waals surface area contributed by atoms with Crippen molar-refractivity contribution < 1.29 is 0 Å². The molecular weight excluding hydrogens is 259 g/mol. The maximum absolute atomic E-state index is 6.40. The Bertz CT molecular complexity index is 315. The fourth-order valence-corrected chi connectivity index (χ4v) is 4.17. The average Bonchev–Trinajstić information content (AvgIpc) is 2.74. The van der Waals surface area contributed by atoms with Crippen molar-refractivity contribution in [2.45, 2.75) is 50.3 Å². The molecule has 1 saturated carbocycles. The Labute approximate surface area is 112 Å². The van der Waals surface area contributed by atoms with Gasteiger partial charge >= 0.3 is 0 Å². The number of thiophene rings is 1. The summed E-state index contributed by atoms with van der Waals surface area (Å²) in [6, 6.07) is 1.94. The first-order chi connectivity index (χ1) is 7.77. The van der Waals surface area contributed by atoms with Crippen molar-refractivity contribution in [3.8, 4) is 0 Å². The molecule has 0 aliphatic heterocycles. The zero-order valence-electron chi connectivity index (χ0n) is 9.42. The van der Waals surface area contributed by atoms with Gasteiger partial charge in [0.2, 0.25) is 0 Å². The van der Waals surface area contributed by atoms with E-state index < -0.39 is 0 Å². The van der Waals surface area contributed by atoms with Crippen LogP contribution < -0.4 is 0 Å². The predicted molar refractivity (Wildman–Crippen MR) is 73.7 cm³/mol. The van der Waals surface area contributed by atoms with E-state index in [0.717, 1.165) is 22.2 Å². The van der Waals surface area contributed by atoms with E-state index in [9.17, 15) is 0 Å². The van der Waals surface area contributed by atoms with Crippen LogP contribution in [0, 0.1) is 5.92 Å². The summed E-state index contributed by atoms with van der Waals surface area (Å²) in [4.78, 5) is 1.15. The van der Waals surface area contributed by atoms with Crippen LogP contribution in [0.25, 0.3) is 0 Å². The lowest BCUT2D eigenvalue weighted by atomic mass is 9.86. The van der Waals surface area contributed by atoms with E-state index in [1.54, 1.807) is 11.3 Å². The van der Waals surface area contributed by atoms with Crippen molar-refractivity contribution in [2.24, 2.45) is 5.92 Å². The maximum atomic E-state index is 6.40.